The minimum Gasteiger partial charge on any atom is -0.463 e. The molecule has 1 saturated carbocycles. The molecule has 2 aromatic rings. The third kappa shape index (κ3) is 5.48. The van der Waals surface area contributed by atoms with Crippen molar-refractivity contribution < 1.29 is 19.1 Å². The summed E-state index contributed by atoms with van der Waals surface area (Å²) in [5.74, 6) is -0.671. The third-order valence-corrected chi connectivity index (χ3v) is 8.92. The van der Waals surface area contributed by atoms with Crippen LogP contribution in [0.5, 0.6) is 0 Å². The Bertz CT molecular complexity index is 1340. The molecule has 40 heavy (non-hydrogen) atoms. The Morgan fingerprint density at radius 3 is 2.52 bits per heavy atom. The van der Waals surface area contributed by atoms with E-state index in [1.54, 1.807) is 13.0 Å². The van der Waals surface area contributed by atoms with Gasteiger partial charge in [-0.15, -0.1) is 0 Å². The van der Waals surface area contributed by atoms with Gasteiger partial charge in [0.05, 0.1) is 55.0 Å². The zero-order chi connectivity index (χ0) is 28.4. The van der Waals surface area contributed by atoms with Crippen LogP contribution in [0, 0.1) is 26.7 Å². The highest BCUT2D eigenvalue weighted by Gasteiger charge is 2.51. The first-order chi connectivity index (χ1) is 19.3. The molecular weight excluding hydrogens is 528 g/mol. The molecule has 2 atom stereocenters. The van der Waals surface area contributed by atoms with Crippen LogP contribution >= 0.6 is 11.6 Å². The number of halogens is 1. The number of benzene rings is 1. The lowest BCUT2D eigenvalue weighted by molar-refractivity contribution is -0.139. The van der Waals surface area contributed by atoms with E-state index in [0.717, 1.165) is 54.2 Å². The molecule has 2 fully saturated rings. The van der Waals surface area contributed by atoms with Crippen LogP contribution in [0.4, 0.5) is 0 Å². The van der Waals surface area contributed by atoms with E-state index in [0.29, 0.717) is 36.0 Å². The number of imidazole rings is 1. The Kier molecular flexibility index (Phi) is 8.76. The Morgan fingerprint density at radius 2 is 1.85 bits per heavy atom. The lowest BCUT2D eigenvalue weighted by atomic mass is 9.76. The summed E-state index contributed by atoms with van der Waals surface area (Å²) in [5.41, 5.74) is 4.52. The third-order valence-electron chi connectivity index (χ3n) is 8.57. The Balaban J connectivity index is 1.49. The second-order valence-corrected chi connectivity index (χ2v) is 11.4. The summed E-state index contributed by atoms with van der Waals surface area (Å²) < 4.78 is 13.8. The van der Waals surface area contributed by atoms with Crippen LogP contribution in [-0.2, 0) is 25.6 Å². The number of aliphatic imine (C=N–C) groups is 1. The molecular formula is C31H39ClN4O4. The predicted octanol–water partition coefficient (Wildman–Crippen LogP) is 5.33. The highest BCUT2D eigenvalue weighted by atomic mass is 35.5. The van der Waals surface area contributed by atoms with Crippen molar-refractivity contribution in [3.8, 4) is 0 Å². The maximum Gasteiger partial charge on any atom is 0.336 e. The van der Waals surface area contributed by atoms with Gasteiger partial charge in [-0.2, -0.15) is 0 Å². The number of carbonyl (C=O) groups is 2. The van der Waals surface area contributed by atoms with E-state index in [-0.39, 0.29) is 25.2 Å². The van der Waals surface area contributed by atoms with Gasteiger partial charge in [-0.25, -0.2) is 9.78 Å². The van der Waals surface area contributed by atoms with Gasteiger partial charge in [-0.3, -0.25) is 9.79 Å². The van der Waals surface area contributed by atoms with Crippen LogP contribution in [0.2, 0.25) is 5.02 Å². The van der Waals surface area contributed by atoms with Crippen LogP contribution in [0.15, 0.2) is 40.5 Å². The number of ether oxygens (including phenoxy) is 2. The van der Waals surface area contributed by atoms with Crippen molar-refractivity contribution in [2.75, 3.05) is 26.4 Å². The second kappa shape index (κ2) is 12.3. The minimum atomic E-state index is -0.583. The molecule has 3 heterocycles. The smallest absolute Gasteiger partial charge is 0.336 e. The number of hydrogen-bond acceptors (Lipinski definition) is 6. The van der Waals surface area contributed by atoms with Crippen molar-refractivity contribution in [1.82, 2.24) is 14.5 Å². The molecule has 0 bridgehead atoms. The normalized spacial score (nSPS) is 21.6. The number of esters is 1. The van der Waals surface area contributed by atoms with Gasteiger partial charge in [-0.1, -0.05) is 49.1 Å². The van der Waals surface area contributed by atoms with E-state index >= 15 is 0 Å². The van der Waals surface area contributed by atoms with Crippen molar-refractivity contribution in [1.29, 1.82) is 0 Å². The molecule has 1 saturated heterocycles. The number of carbonyl (C=O) groups excluding carboxylic acids is 2. The van der Waals surface area contributed by atoms with E-state index in [9.17, 15) is 9.59 Å². The number of fused-ring (bicyclic) bond motifs is 1. The number of hydrogen-bond donors (Lipinski definition) is 0. The van der Waals surface area contributed by atoms with Crippen LogP contribution in [0.25, 0.3) is 0 Å². The molecule has 0 spiro atoms. The fourth-order valence-corrected chi connectivity index (χ4v) is 6.75. The molecule has 0 radical (unpaired) electrons. The van der Waals surface area contributed by atoms with E-state index < -0.39 is 17.8 Å². The van der Waals surface area contributed by atoms with Crippen molar-refractivity contribution in [2.24, 2.45) is 10.9 Å². The summed E-state index contributed by atoms with van der Waals surface area (Å²) in [5, 5.41) is 0.515. The standard InChI is InChI=1S/C31H39ClN4O4/c1-5-40-31(38)29-26(18-39-16-15-35-20(3)19(2)33-21(35)4)34-25-17-36(22-11-7-6-8-12-22)30(37)28(25)27(29)23-13-9-10-14-24(23)32/h9-10,13-14,22,27-28H,5-8,11-12,15-18H2,1-4H3. The molecule has 0 N–H and O–H groups in total. The van der Waals surface area contributed by atoms with Gasteiger partial charge in [0.15, 0.2) is 0 Å². The monoisotopic (exact) mass is 566 g/mol. The average Bonchev–Trinajstić information content (AvgIpc) is 3.40. The number of amides is 1. The predicted molar refractivity (Wildman–Crippen MR) is 155 cm³/mol. The van der Waals surface area contributed by atoms with Crippen LogP contribution in [-0.4, -0.2) is 64.4 Å². The van der Waals surface area contributed by atoms with Crippen LogP contribution in [0.3, 0.4) is 0 Å². The molecule has 1 aliphatic carbocycles. The topological polar surface area (TPSA) is 86.0 Å². The molecule has 1 amide bonds. The fraction of sp³-hybridized carbons (Fsp3) is 0.548. The van der Waals surface area contributed by atoms with E-state index in [1.807, 2.05) is 43.9 Å². The molecule has 2 aliphatic heterocycles. The minimum absolute atomic E-state index is 0.0266. The van der Waals surface area contributed by atoms with Gasteiger partial charge >= 0.3 is 5.97 Å². The van der Waals surface area contributed by atoms with Gasteiger partial charge in [0, 0.05) is 29.2 Å². The van der Waals surface area contributed by atoms with Gasteiger partial charge < -0.3 is 18.9 Å². The summed E-state index contributed by atoms with van der Waals surface area (Å²) in [7, 11) is 0. The highest BCUT2D eigenvalue weighted by Crippen LogP contribution is 2.46. The molecule has 1 aromatic carbocycles. The SMILES string of the molecule is CCOC(=O)C1=C(COCCn2c(C)nc(C)c2C)N=C2CN(C3CCCCC3)C(=O)C2C1c1ccccc1Cl. The molecule has 9 heteroatoms. The van der Waals surface area contributed by atoms with Crippen molar-refractivity contribution in [3.63, 3.8) is 0 Å². The number of likely N-dealkylation sites (tertiary alicyclic amines) is 1. The van der Waals surface area contributed by atoms with Gasteiger partial charge in [0.2, 0.25) is 5.91 Å². The van der Waals surface area contributed by atoms with E-state index in [1.165, 1.54) is 6.42 Å². The zero-order valence-corrected chi connectivity index (χ0v) is 24.7. The Hall–Kier alpha value is -2.97. The quantitative estimate of drug-likeness (QED) is 0.303. The van der Waals surface area contributed by atoms with Gasteiger partial charge in [0.25, 0.3) is 0 Å². The fourth-order valence-electron chi connectivity index (χ4n) is 6.50. The maximum atomic E-state index is 14.0. The van der Waals surface area contributed by atoms with Crippen LogP contribution in [0.1, 0.15) is 67.7 Å². The number of nitrogens with zero attached hydrogens (tertiary/aromatic N) is 4. The molecule has 3 aliphatic rings. The van der Waals surface area contributed by atoms with Crippen molar-refractivity contribution in [2.45, 2.75) is 78.3 Å². The number of aryl methyl sites for hydroxylation is 2. The first-order valence-corrected chi connectivity index (χ1v) is 14.8. The largest absolute Gasteiger partial charge is 0.463 e. The summed E-state index contributed by atoms with van der Waals surface area (Å²) in [6.07, 6.45) is 5.46. The lowest BCUT2D eigenvalue weighted by Crippen LogP contribution is -2.40. The maximum absolute atomic E-state index is 14.0. The van der Waals surface area contributed by atoms with Crippen LogP contribution < -0.4 is 0 Å². The molecule has 8 nitrogen and oxygen atoms in total. The van der Waals surface area contributed by atoms with E-state index in [4.69, 9.17) is 26.1 Å². The summed E-state index contributed by atoms with van der Waals surface area (Å²) >= 11 is 6.72. The zero-order valence-electron chi connectivity index (χ0n) is 23.9. The lowest BCUT2D eigenvalue weighted by Gasteiger charge is -2.32. The number of aromatic nitrogens is 2. The number of rotatable bonds is 9. The van der Waals surface area contributed by atoms with Crippen molar-refractivity contribution in [3.05, 3.63) is 63.3 Å². The Labute approximate surface area is 241 Å². The second-order valence-electron chi connectivity index (χ2n) is 11.0. The first kappa shape index (κ1) is 28.6. The summed E-state index contributed by atoms with van der Waals surface area (Å²) in [6, 6.07) is 7.65. The first-order valence-electron chi connectivity index (χ1n) is 14.4. The average molecular weight is 567 g/mol. The molecule has 214 valence electrons. The summed E-state index contributed by atoms with van der Waals surface area (Å²) in [4.78, 5) is 39.1. The molecule has 1 aromatic heterocycles. The summed E-state index contributed by atoms with van der Waals surface area (Å²) in [6.45, 7) is 9.70. The van der Waals surface area contributed by atoms with E-state index in [2.05, 4.69) is 9.55 Å². The Morgan fingerprint density at radius 1 is 1.10 bits per heavy atom. The molecule has 2 unspecified atom stereocenters. The van der Waals surface area contributed by atoms with Gasteiger partial charge in [0.1, 0.15) is 5.82 Å². The van der Waals surface area contributed by atoms with Gasteiger partial charge in [-0.05, 0) is 52.2 Å². The van der Waals surface area contributed by atoms with Crippen molar-refractivity contribution >= 4 is 29.2 Å². The molecule has 5 rings (SSSR count). The highest BCUT2D eigenvalue weighted by molar-refractivity contribution is 6.31.